The van der Waals surface area contributed by atoms with Crippen LogP contribution in [-0.2, 0) is 4.57 Å². The van der Waals surface area contributed by atoms with Crippen molar-refractivity contribution >= 4 is 7.60 Å². The van der Waals surface area contributed by atoms with E-state index in [1.165, 1.54) is 0 Å². The lowest BCUT2D eigenvalue weighted by Gasteiger charge is -2.48. The van der Waals surface area contributed by atoms with Crippen molar-refractivity contribution < 1.29 is 24.6 Å². The van der Waals surface area contributed by atoms with E-state index in [9.17, 15) is 14.8 Å². The number of nitrogens with one attached hydrogen (secondary N) is 1. The van der Waals surface area contributed by atoms with Crippen LogP contribution >= 0.6 is 7.60 Å². The molecule has 0 aromatic rings. The lowest BCUT2D eigenvalue weighted by atomic mass is 9.67. The van der Waals surface area contributed by atoms with Gasteiger partial charge in [-0.3, -0.25) is 4.57 Å². The van der Waals surface area contributed by atoms with Crippen molar-refractivity contribution in [3.8, 4) is 0 Å². The summed E-state index contributed by atoms with van der Waals surface area (Å²) in [5.41, 5.74) is 0. The molecule has 0 aromatic carbocycles. The van der Waals surface area contributed by atoms with Crippen LogP contribution in [0, 0.1) is 11.8 Å². The summed E-state index contributed by atoms with van der Waals surface area (Å²) in [7, 11) is -4.00. The average molecular weight is 293 g/mol. The molecule has 7 heteroatoms. The number of hydrogen-bond acceptors (Lipinski definition) is 4. The van der Waals surface area contributed by atoms with Crippen LogP contribution in [0.4, 0.5) is 0 Å². The van der Waals surface area contributed by atoms with E-state index < -0.39 is 19.8 Å². The van der Waals surface area contributed by atoms with Crippen molar-refractivity contribution in [2.75, 3.05) is 6.16 Å². The maximum absolute atomic E-state index is 10.9. The van der Waals surface area contributed by atoms with Gasteiger partial charge < -0.3 is 25.3 Å². The normalized spacial score (nSPS) is 43.8. The molecule has 1 saturated heterocycles. The predicted molar refractivity (Wildman–Crippen MR) is 70.8 cm³/mol. The van der Waals surface area contributed by atoms with Gasteiger partial charge in [-0.05, 0) is 31.1 Å². The van der Waals surface area contributed by atoms with E-state index in [4.69, 9.17) is 9.79 Å². The maximum atomic E-state index is 10.9. The van der Waals surface area contributed by atoms with Gasteiger partial charge in [-0.25, -0.2) is 0 Å². The van der Waals surface area contributed by atoms with Gasteiger partial charge in [0.2, 0.25) is 0 Å². The van der Waals surface area contributed by atoms with Gasteiger partial charge in [-0.1, -0.05) is 13.3 Å². The summed E-state index contributed by atoms with van der Waals surface area (Å²) in [4.78, 5) is 17.8. The Kier molecular flexibility index (Phi) is 4.71. The van der Waals surface area contributed by atoms with Crippen molar-refractivity contribution in [1.29, 1.82) is 0 Å². The van der Waals surface area contributed by atoms with Gasteiger partial charge in [-0.15, -0.1) is 0 Å². The first-order chi connectivity index (χ1) is 8.78. The minimum atomic E-state index is -4.00. The van der Waals surface area contributed by atoms with Gasteiger partial charge >= 0.3 is 7.60 Å². The maximum Gasteiger partial charge on any atom is 0.325 e. The highest BCUT2D eigenvalue weighted by atomic mass is 31.2. The molecule has 2 aliphatic rings. The van der Waals surface area contributed by atoms with Crippen LogP contribution in [0.15, 0.2) is 0 Å². The highest BCUT2D eigenvalue weighted by Crippen LogP contribution is 2.40. The second kappa shape index (κ2) is 5.80. The minimum Gasteiger partial charge on any atom is -0.390 e. The Morgan fingerprint density at radius 2 is 1.95 bits per heavy atom. The Bertz CT molecular complexity index is 358. The fourth-order valence-corrected chi connectivity index (χ4v) is 3.89. The monoisotopic (exact) mass is 293 g/mol. The van der Waals surface area contributed by atoms with Crippen LogP contribution in [0.2, 0.25) is 0 Å². The number of piperidine rings is 1. The lowest BCUT2D eigenvalue weighted by molar-refractivity contribution is -0.0726. The molecule has 6 unspecified atom stereocenters. The third kappa shape index (κ3) is 3.78. The third-order valence-electron chi connectivity index (χ3n) is 4.63. The molecule has 5 N–H and O–H groups in total. The molecule has 1 aliphatic heterocycles. The molecule has 112 valence electrons. The molecule has 0 bridgehead atoms. The van der Waals surface area contributed by atoms with Gasteiger partial charge in [0.05, 0.1) is 18.4 Å². The number of rotatable bonds is 4. The molecule has 1 aliphatic carbocycles. The molecule has 0 amide bonds. The van der Waals surface area contributed by atoms with E-state index in [1.54, 1.807) is 0 Å². The minimum absolute atomic E-state index is 0.135. The summed E-state index contributed by atoms with van der Waals surface area (Å²) in [6, 6.07) is -0.293. The topological polar surface area (TPSA) is 110 Å². The van der Waals surface area contributed by atoms with Crippen LogP contribution in [0.25, 0.3) is 0 Å². The lowest BCUT2D eigenvalue weighted by Crippen LogP contribution is -2.62. The third-order valence-corrected chi connectivity index (χ3v) is 5.47. The molecular weight excluding hydrogens is 269 g/mol. The smallest absolute Gasteiger partial charge is 0.325 e. The van der Waals surface area contributed by atoms with Gasteiger partial charge in [0.1, 0.15) is 0 Å². The SMILES string of the molecule is CC1CCC1C1NC(CCP(=O)(O)O)CC(O)C1O. The largest absolute Gasteiger partial charge is 0.390 e. The Morgan fingerprint density at radius 3 is 2.42 bits per heavy atom. The fraction of sp³-hybridized carbons (Fsp3) is 1.00. The molecule has 19 heavy (non-hydrogen) atoms. The summed E-state index contributed by atoms with van der Waals surface area (Å²) < 4.78 is 10.9. The summed E-state index contributed by atoms with van der Waals surface area (Å²) in [5, 5.41) is 23.3. The van der Waals surface area contributed by atoms with Crippen LogP contribution in [-0.4, -0.2) is 50.5 Å². The van der Waals surface area contributed by atoms with Crippen LogP contribution in [0.1, 0.15) is 32.6 Å². The molecule has 6 nitrogen and oxygen atoms in total. The van der Waals surface area contributed by atoms with E-state index >= 15 is 0 Å². The fourth-order valence-electron chi connectivity index (χ4n) is 3.24. The second-order valence-corrected chi connectivity index (χ2v) is 7.86. The van der Waals surface area contributed by atoms with E-state index in [0.29, 0.717) is 24.7 Å². The second-order valence-electron chi connectivity index (χ2n) is 6.08. The summed E-state index contributed by atoms with van der Waals surface area (Å²) in [6.07, 6.45) is 1.08. The number of aliphatic hydroxyl groups is 2. The zero-order valence-corrected chi connectivity index (χ0v) is 12.0. The Balaban J connectivity index is 1.94. The number of hydrogen-bond donors (Lipinski definition) is 5. The Hall–Kier alpha value is 0.0300. The molecular formula is C12H24NO5P. The Labute approximate surface area is 113 Å². The van der Waals surface area contributed by atoms with Crippen LogP contribution < -0.4 is 5.32 Å². The van der Waals surface area contributed by atoms with Crippen molar-refractivity contribution in [2.45, 2.75) is 56.9 Å². The standard InChI is InChI=1S/C12H24NO5P/c1-7-2-3-9(7)11-12(15)10(14)6-8(13-11)4-5-19(16,17)18/h7-15H,2-6H2,1H3,(H2,16,17,18). The van der Waals surface area contributed by atoms with Crippen LogP contribution in [0.5, 0.6) is 0 Å². The summed E-state index contributed by atoms with van der Waals surface area (Å²) in [5.74, 6) is 0.877. The molecule has 2 rings (SSSR count). The first-order valence-corrected chi connectivity index (χ1v) is 8.74. The molecule has 0 spiro atoms. The molecule has 1 saturated carbocycles. The van der Waals surface area contributed by atoms with E-state index in [1.807, 2.05) is 0 Å². The van der Waals surface area contributed by atoms with E-state index in [0.717, 1.165) is 12.8 Å². The average Bonchev–Trinajstić information content (AvgIpc) is 2.29. The van der Waals surface area contributed by atoms with Crippen molar-refractivity contribution in [2.24, 2.45) is 11.8 Å². The predicted octanol–water partition coefficient (Wildman–Crippen LogP) is 0.0526. The van der Waals surface area contributed by atoms with E-state index in [-0.39, 0.29) is 18.2 Å². The summed E-state index contributed by atoms with van der Waals surface area (Å²) in [6.45, 7) is 2.13. The van der Waals surface area contributed by atoms with Crippen molar-refractivity contribution in [1.82, 2.24) is 5.32 Å². The first-order valence-electron chi connectivity index (χ1n) is 6.94. The molecule has 2 fully saturated rings. The van der Waals surface area contributed by atoms with Gasteiger partial charge in [0, 0.05) is 12.1 Å². The highest BCUT2D eigenvalue weighted by Gasteiger charge is 2.44. The quantitative estimate of drug-likeness (QED) is 0.469. The molecule has 0 aromatic heterocycles. The van der Waals surface area contributed by atoms with Gasteiger partial charge in [-0.2, -0.15) is 0 Å². The van der Waals surface area contributed by atoms with E-state index in [2.05, 4.69) is 12.2 Å². The molecule has 1 heterocycles. The summed E-state index contributed by atoms with van der Waals surface area (Å²) >= 11 is 0. The molecule has 0 radical (unpaired) electrons. The molecule has 6 atom stereocenters. The van der Waals surface area contributed by atoms with Crippen molar-refractivity contribution in [3.63, 3.8) is 0 Å². The zero-order chi connectivity index (χ0) is 14.2. The zero-order valence-electron chi connectivity index (χ0n) is 11.1. The van der Waals surface area contributed by atoms with Crippen LogP contribution in [0.3, 0.4) is 0 Å². The first kappa shape index (κ1) is 15.4. The van der Waals surface area contributed by atoms with Crippen molar-refractivity contribution in [3.05, 3.63) is 0 Å². The van der Waals surface area contributed by atoms with Gasteiger partial charge in [0.15, 0.2) is 0 Å². The Morgan fingerprint density at radius 1 is 1.26 bits per heavy atom. The number of aliphatic hydroxyl groups excluding tert-OH is 2. The highest BCUT2D eigenvalue weighted by molar-refractivity contribution is 7.51. The van der Waals surface area contributed by atoms with Gasteiger partial charge in [0.25, 0.3) is 0 Å².